The molecule has 0 N–H and O–H groups in total. The van der Waals surface area contributed by atoms with Crippen LogP contribution in [-0.4, -0.2) is 32.6 Å². The molecule has 0 aliphatic carbocycles. The van der Waals surface area contributed by atoms with Crippen LogP contribution in [0.25, 0.3) is 0 Å². The van der Waals surface area contributed by atoms with Gasteiger partial charge < -0.3 is 9.11 Å². The second kappa shape index (κ2) is 4.44. The molecule has 9 heavy (non-hydrogen) atoms. The van der Waals surface area contributed by atoms with Crippen molar-refractivity contribution in [3.05, 3.63) is 6.92 Å². The van der Waals surface area contributed by atoms with Crippen LogP contribution in [0.5, 0.6) is 0 Å². The van der Waals surface area contributed by atoms with Gasteiger partial charge in [-0.25, -0.2) is 0 Å². The van der Waals surface area contributed by atoms with Crippen LogP contribution in [0, 0.1) is 6.92 Å². The van der Waals surface area contributed by atoms with Crippen molar-refractivity contribution in [2.45, 2.75) is 5.25 Å². The van der Waals surface area contributed by atoms with Crippen molar-refractivity contribution in [1.29, 1.82) is 0 Å². The minimum absolute atomic E-state index is 0.184. The molecule has 55 valence electrons. The fourth-order valence-corrected chi connectivity index (χ4v) is 2.22. The maximum Gasteiger partial charge on any atom is 0.159 e. The van der Waals surface area contributed by atoms with Crippen molar-refractivity contribution < 1.29 is 9.11 Å². The zero-order chi connectivity index (χ0) is 7.44. The molecule has 1 radical (unpaired) electrons. The van der Waals surface area contributed by atoms with Crippen LogP contribution in [0.15, 0.2) is 0 Å². The van der Waals surface area contributed by atoms with Crippen LogP contribution in [0.1, 0.15) is 0 Å². The average molecular weight is 167 g/mol. The third-order valence-corrected chi connectivity index (χ3v) is 3.08. The summed E-state index contributed by atoms with van der Waals surface area (Å²) in [6, 6.07) is 0. The summed E-state index contributed by atoms with van der Waals surface area (Å²) in [5.74, 6) is 0.434. The first-order valence-electron chi connectivity index (χ1n) is 2.49. The molecule has 0 spiro atoms. The highest BCUT2D eigenvalue weighted by Gasteiger charge is 2.16. The lowest BCUT2D eigenvalue weighted by atomic mass is 10.6. The highest BCUT2D eigenvalue weighted by Crippen LogP contribution is 2.00. The topological polar surface area (TPSA) is 46.1 Å². The molecule has 0 aliphatic rings. The molecule has 0 rings (SSSR count). The van der Waals surface area contributed by atoms with Gasteiger partial charge in [0, 0.05) is 6.92 Å². The quantitative estimate of drug-likeness (QED) is 0.553. The van der Waals surface area contributed by atoms with E-state index < -0.39 is 22.4 Å². The van der Waals surface area contributed by atoms with Gasteiger partial charge in [-0.2, -0.15) is 0 Å². The fraction of sp³-hybridized carbons (Fsp3) is 0.800. The summed E-state index contributed by atoms with van der Waals surface area (Å²) in [5, 5.41) is -0.184. The minimum atomic E-state index is -0.935. The van der Waals surface area contributed by atoms with Gasteiger partial charge >= 0.3 is 0 Å². The third kappa shape index (κ3) is 5.08. The Morgan fingerprint density at radius 2 is 1.89 bits per heavy atom. The van der Waals surface area contributed by atoms with E-state index in [2.05, 4.69) is 6.92 Å². The lowest BCUT2D eigenvalue weighted by Crippen LogP contribution is -2.25. The van der Waals surface area contributed by atoms with E-state index in [-0.39, 0.29) is 5.25 Å². The molecule has 0 heterocycles. The van der Waals surface area contributed by atoms with Crippen molar-refractivity contribution in [2.75, 3.05) is 18.3 Å². The van der Waals surface area contributed by atoms with Gasteiger partial charge in [-0.3, -0.25) is 0 Å². The number of rotatable bonds is 3. The molecule has 0 aromatic carbocycles. The average Bonchev–Trinajstić information content (AvgIpc) is 1.63. The van der Waals surface area contributed by atoms with E-state index in [9.17, 15) is 9.11 Å². The number of hydrogen-bond donors (Lipinski definition) is 0. The van der Waals surface area contributed by atoms with E-state index in [1.165, 1.54) is 0 Å². The van der Waals surface area contributed by atoms with Gasteiger partial charge in [0.05, 0.1) is 12.5 Å². The van der Waals surface area contributed by atoms with Crippen LogP contribution in [0.2, 0.25) is 0 Å². The summed E-state index contributed by atoms with van der Waals surface area (Å²) >= 11 is -1.81. The van der Waals surface area contributed by atoms with Gasteiger partial charge in [-0.15, -0.1) is 0 Å². The van der Waals surface area contributed by atoms with Crippen molar-refractivity contribution >= 4 is 22.4 Å². The first-order valence-corrected chi connectivity index (χ1v) is 5.84. The Balaban J connectivity index is 3.38. The molecular formula is C5H11O2S2. The molecule has 0 saturated carbocycles. The summed E-state index contributed by atoms with van der Waals surface area (Å²) in [6.07, 6.45) is 3.16. The van der Waals surface area contributed by atoms with Crippen LogP contribution >= 0.6 is 0 Å². The third-order valence-electron chi connectivity index (χ3n) is 0.890. The summed E-state index contributed by atoms with van der Waals surface area (Å²) in [7, 11) is 0. The highest BCUT2D eigenvalue weighted by atomic mass is 32.2. The van der Waals surface area contributed by atoms with E-state index in [0.29, 0.717) is 5.75 Å². The summed E-state index contributed by atoms with van der Waals surface area (Å²) in [5.41, 5.74) is 0. The minimum Gasteiger partial charge on any atom is -0.616 e. The smallest absolute Gasteiger partial charge is 0.159 e. The van der Waals surface area contributed by atoms with Crippen LogP contribution in [0.3, 0.4) is 0 Å². The van der Waals surface area contributed by atoms with Crippen LogP contribution in [-0.2, 0) is 22.4 Å². The lowest BCUT2D eigenvalue weighted by Gasteiger charge is -2.13. The molecule has 3 atom stereocenters. The van der Waals surface area contributed by atoms with Crippen LogP contribution in [0.4, 0.5) is 0 Å². The second-order valence-electron chi connectivity index (χ2n) is 1.86. The van der Waals surface area contributed by atoms with E-state index in [1.807, 2.05) is 0 Å². The van der Waals surface area contributed by atoms with Crippen molar-refractivity contribution in [3.63, 3.8) is 0 Å². The van der Waals surface area contributed by atoms with Crippen LogP contribution < -0.4 is 0 Å². The van der Waals surface area contributed by atoms with Crippen molar-refractivity contribution in [3.8, 4) is 0 Å². The van der Waals surface area contributed by atoms with Gasteiger partial charge in [-0.1, -0.05) is 11.2 Å². The van der Waals surface area contributed by atoms with E-state index >= 15 is 0 Å². The number of hydrogen-bond acceptors (Lipinski definition) is 2. The van der Waals surface area contributed by atoms with Crippen molar-refractivity contribution in [2.24, 2.45) is 0 Å². The normalized spacial score (nSPS) is 21.0. The summed E-state index contributed by atoms with van der Waals surface area (Å²) < 4.78 is 21.1. The molecule has 3 unspecified atom stereocenters. The van der Waals surface area contributed by atoms with E-state index in [4.69, 9.17) is 0 Å². The Morgan fingerprint density at radius 1 is 1.44 bits per heavy atom. The summed E-state index contributed by atoms with van der Waals surface area (Å²) in [6.45, 7) is 3.58. The molecule has 0 amide bonds. The van der Waals surface area contributed by atoms with Gasteiger partial charge in [0.25, 0.3) is 0 Å². The summed E-state index contributed by atoms with van der Waals surface area (Å²) in [4.78, 5) is 0. The monoisotopic (exact) mass is 167 g/mol. The fourth-order valence-electron chi connectivity index (χ4n) is 0.358. The van der Waals surface area contributed by atoms with Gasteiger partial charge in [-0.05, 0) is 11.2 Å². The molecule has 2 nitrogen and oxygen atoms in total. The Kier molecular flexibility index (Phi) is 4.74. The second-order valence-corrected chi connectivity index (χ2v) is 5.00. The van der Waals surface area contributed by atoms with E-state index in [1.54, 1.807) is 12.5 Å². The molecule has 0 aliphatic heterocycles. The molecule has 0 bridgehead atoms. The largest absolute Gasteiger partial charge is 0.616 e. The molecule has 4 heteroatoms. The SMILES string of the molecule is [CH2]C(C[S+](C)[O-])[S+](C)[O-]. The van der Waals surface area contributed by atoms with Gasteiger partial charge in [0.15, 0.2) is 11.0 Å². The zero-order valence-electron chi connectivity index (χ0n) is 5.62. The maximum atomic E-state index is 10.6. The first kappa shape index (κ1) is 9.62. The highest BCUT2D eigenvalue weighted by molar-refractivity contribution is 7.94. The molecule has 0 fully saturated rings. The Hall–Kier alpha value is 0.620. The molecule has 0 aromatic heterocycles. The predicted octanol–water partition coefficient (Wildman–Crippen LogP) is -0.0539. The molecule has 0 aromatic rings. The first-order chi connectivity index (χ1) is 4.04. The Bertz CT molecular complexity index is 75.4. The maximum absolute atomic E-state index is 10.6. The van der Waals surface area contributed by atoms with E-state index in [0.717, 1.165) is 0 Å². The standard InChI is InChI=1S/C5H11O2S2/c1-5(9(3)7)4-8(2)6/h5H,1,4H2,2-3H3. The predicted molar refractivity (Wildman–Crippen MR) is 42.1 cm³/mol. The molecule has 0 saturated heterocycles. The Labute approximate surface area is 62.4 Å². The van der Waals surface area contributed by atoms with Gasteiger partial charge in [0.2, 0.25) is 0 Å². The van der Waals surface area contributed by atoms with Gasteiger partial charge in [0.1, 0.15) is 0 Å². The lowest BCUT2D eigenvalue weighted by molar-refractivity contribution is 0.587. The van der Waals surface area contributed by atoms with Crippen molar-refractivity contribution in [1.82, 2.24) is 0 Å². The zero-order valence-corrected chi connectivity index (χ0v) is 7.26. The Morgan fingerprint density at radius 3 is 2.00 bits per heavy atom. The molecular weight excluding hydrogens is 156 g/mol.